The van der Waals surface area contributed by atoms with Crippen LogP contribution in [0.4, 0.5) is 0 Å². The molecule has 1 amide bonds. The third kappa shape index (κ3) is 5.95. The van der Waals surface area contributed by atoms with E-state index < -0.39 is 5.60 Å². The monoisotopic (exact) mass is 366 g/mol. The number of nitrogens with zero attached hydrogens (tertiary/aromatic N) is 2. The van der Waals surface area contributed by atoms with Gasteiger partial charge in [-0.3, -0.25) is 4.79 Å². The molecule has 1 unspecified atom stereocenters. The lowest BCUT2D eigenvalue weighted by Gasteiger charge is -2.43. The van der Waals surface area contributed by atoms with Crippen LogP contribution in [0.2, 0.25) is 0 Å². The average Bonchev–Trinajstić information content (AvgIpc) is 2.68. The van der Waals surface area contributed by atoms with Gasteiger partial charge in [0, 0.05) is 26.2 Å². The SMILES string of the molecule is CCCCCCCN1CCC(O)(C(C)C(=O)N(C)C2CCCCC2)CC1. The van der Waals surface area contributed by atoms with E-state index in [4.69, 9.17) is 0 Å². The van der Waals surface area contributed by atoms with E-state index in [9.17, 15) is 9.90 Å². The fraction of sp³-hybridized carbons (Fsp3) is 0.955. The van der Waals surface area contributed by atoms with Crippen LogP contribution in [0, 0.1) is 5.92 Å². The molecule has 2 rings (SSSR count). The molecule has 1 atom stereocenters. The van der Waals surface area contributed by atoms with Gasteiger partial charge < -0.3 is 14.9 Å². The summed E-state index contributed by atoms with van der Waals surface area (Å²) >= 11 is 0. The zero-order valence-electron chi connectivity index (χ0n) is 17.5. The molecule has 0 aromatic rings. The minimum atomic E-state index is -0.821. The number of carbonyl (C=O) groups is 1. The summed E-state index contributed by atoms with van der Waals surface area (Å²) in [6, 6.07) is 0.380. The van der Waals surface area contributed by atoms with Gasteiger partial charge in [-0.05, 0) is 38.6 Å². The van der Waals surface area contributed by atoms with Gasteiger partial charge in [-0.15, -0.1) is 0 Å². The van der Waals surface area contributed by atoms with E-state index in [2.05, 4.69) is 11.8 Å². The Kier molecular flexibility index (Phi) is 8.89. The van der Waals surface area contributed by atoms with Crippen molar-refractivity contribution in [1.82, 2.24) is 9.80 Å². The van der Waals surface area contributed by atoms with Crippen LogP contribution in [0.3, 0.4) is 0 Å². The van der Waals surface area contributed by atoms with Crippen molar-refractivity contribution in [3.8, 4) is 0 Å². The van der Waals surface area contributed by atoms with Gasteiger partial charge in [0.1, 0.15) is 0 Å². The number of rotatable bonds is 9. The summed E-state index contributed by atoms with van der Waals surface area (Å²) in [4.78, 5) is 17.4. The normalized spacial score (nSPS) is 22.9. The number of unbranched alkanes of at least 4 members (excludes halogenated alkanes) is 4. The molecule has 26 heavy (non-hydrogen) atoms. The topological polar surface area (TPSA) is 43.8 Å². The van der Waals surface area contributed by atoms with Crippen LogP contribution in [0.5, 0.6) is 0 Å². The lowest BCUT2D eigenvalue weighted by atomic mass is 9.79. The maximum Gasteiger partial charge on any atom is 0.228 e. The van der Waals surface area contributed by atoms with E-state index in [1.165, 1.54) is 51.4 Å². The molecule has 4 nitrogen and oxygen atoms in total. The highest BCUT2D eigenvalue weighted by atomic mass is 16.3. The number of carbonyl (C=O) groups excluding carboxylic acids is 1. The average molecular weight is 367 g/mol. The summed E-state index contributed by atoms with van der Waals surface area (Å²) in [6.07, 6.45) is 14.0. The van der Waals surface area contributed by atoms with Gasteiger partial charge in [0.05, 0.1) is 11.5 Å². The molecule has 4 heteroatoms. The molecule has 0 spiro atoms. The van der Waals surface area contributed by atoms with Gasteiger partial charge in [0.2, 0.25) is 5.91 Å². The fourth-order valence-corrected chi connectivity index (χ4v) is 4.72. The fourth-order valence-electron chi connectivity index (χ4n) is 4.72. The van der Waals surface area contributed by atoms with Crippen molar-refractivity contribution >= 4 is 5.91 Å². The highest BCUT2D eigenvalue weighted by Gasteiger charge is 2.42. The maximum atomic E-state index is 13.0. The third-order valence-electron chi connectivity index (χ3n) is 6.95. The first kappa shape index (κ1) is 21.7. The van der Waals surface area contributed by atoms with Gasteiger partial charge in [-0.25, -0.2) is 0 Å². The lowest BCUT2D eigenvalue weighted by molar-refractivity contribution is -0.149. The Balaban J connectivity index is 1.76. The van der Waals surface area contributed by atoms with Crippen LogP contribution in [0.15, 0.2) is 0 Å². The van der Waals surface area contributed by atoms with Crippen molar-refractivity contribution in [1.29, 1.82) is 0 Å². The predicted molar refractivity (Wildman–Crippen MR) is 108 cm³/mol. The van der Waals surface area contributed by atoms with E-state index in [1.54, 1.807) is 0 Å². The second-order valence-corrected chi connectivity index (χ2v) is 8.82. The first-order valence-corrected chi connectivity index (χ1v) is 11.2. The molecular weight excluding hydrogens is 324 g/mol. The Hall–Kier alpha value is -0.610. The molecule has 0 radical (unpaired) electrons. The molecular formula is C22H42N2O2. The summed E-state index contributed by atoms with van der Waals surface area (Å²) < 4.78 is 0. The van der Waals surface area contributed by atoms with Crippen LogP contribution in [0.1, 0.15) is 90.9 Å². The molecule has 2 fully saturated rings. The second kappa shape index (κ2) is 10.7. The van der Waals surface area contributed by atoms with Gasteiger partial charge in [-0.2, -0.15) is 0 Å². The molecule has 1 aliphatic heterocycles. The third-order valence-corrected chi connectivity index (χ3v) is 6.95. The van der Waals surface area contributed by atoms with Gasteiger partial charge in [-0.1, -0.05) is 58.8 Å². The summed E-state index contributed by atoms with van der Waals surface area (Å²) in [5, 5.41) is 11.1. The molecule has 1 saturated carbocycles. The van der Waals surface area contributed by atoms with Crippen molar-refractivity contribution in [2.24, 2.45) is 5.92 Å². The summed E-state index contributed by atoms with van der Waals surface area (Å²) in [7, 11) is 1.95. The number of likely N-dealkylation sites (tertiary alicyclic amines) is 1. The number of aliphatic hydroxyl groups is 1. The van der Waals surface area contributed by atoms with Gasteiger partial charge >= 0.3 is 0 Å². The number of hydrogen-bond donors (Lipinski definition) is 1. The summed E-state index contributed by atoms with van der Waals surface area (Å²) in [6.45, 7) is 7.19. The van der Waals surface area contributed by atoms with Crippen LogP contribution in [-0.2, 0) is 4.79 Å². The van der Waals surface area contributed by atoms with Crippen LogP contribution in [-0.4, -0.2) is 59.1 Å². The second-order valence-electron chi connectivity index (χ2n) is 8.82. The molecule has 1 saturated heterocycles. The molecule has 1 heterocycles. The molecule has 0 aromatic heterocycles. The van der Waals surface area contributed by atoms with E-state index in [0.29, 0.717) is 6.04 Å². The number of amides is 1. The minimum Gasteiger partial charge on any atom is -0.389 e. The lowest BCUT2D eigenvalue weighted by Crippen LogP contribution is -2.54. The Bertz CT molecular complexity index is 412. The predicted octanol–water partition coefficient (Wildman–Crippen LogP) is 4.21. The Labute approximate surface area is 161 Å². The molecule has 0 bridgehead atoms. The van der Waals surface area contributed by atoms with E-state index in [1.807, 2.05) is 18.9 Å². The highest BCUT2D eigenvalue weighted by Crippen LogP contribution is 2.32. The van der Waals surface area contributed by atoms with E-state index >= 15 is 0 Å². The van der Waals surface area contributed by atoms with Crippen LogP contribution in [0.25, 0.3) is 0 Å². The largest absolute Gasteiger partial charge is 0.389 e. The van der Waals surface area contributed by atoms with Crippen molar-refractivity contribution in [2.45, 2.75) is 103 Å². The van der Waals surface area contributed by atoms with E-state index in [0.717, 1.165) is 45.3 Å². The first-order valence-electron chi connectivity index (χ1n) is 11.2. The Morgan fingerprint density at radius 2 is 1.73 bits per heavy atom. The smallest absolute Gasteiger partial charge is 0.228 e. The Morgan fingerprint density at radius 1 is 1.12 bits per heavy atom. The minimum absolute atomic E-state index is 0.146. The molecule has 1 N–H and O–H groups in total. The van der Waals surface area contributed by atoms with Crippen molar-refractivity contribution in [3.05, 3.63) is 0 Å². The molecule has 2 aliphatic rings. The highest BCUT2D eigenvalue weighted by molar-refractivity contribution is 5.79. The van der Waals surface area contributed by atoms with Crippen molar-refractivity contribution in [3.63, 3.8) is 0 Å². The zero-order valence-corrected chi connectivity index (χ0v) is 17.5. The summed E-state index contributed by atoms with van der Waals surface area (Å²) in [5.74, 6) is -0.145. The standard InChI is InChI=1S/C22H42N2O2/c1-4-5-6-7-11-16-24-17-14-22(26,15-18-24)19(2)21(25)23(3)20-12-9-8-10-13-20/h19-20,26H,4-18H2,1-3H3. The zero-order chi connectivity index (χ0) is 19.0. The summed E-state index contributed by atoms with van der Waals surface area (Å²) in [5.41, 5.74) is -0.821. The van der Waals surface area contributed by atoms with Gasteiger partial charge in [0.15, 0.2) is 0 Å². The van der Waals surface area contributed by atoms with Gasteiger partial charge in [0.25, 0.3) is 0 Å². The molecule has 152 valence electrons. The molecule has 1 aliphatic carbocycles. The van der Waals surface area contributed by atoms with Crippen molar-refractivity contribution < 1.29 is 9.90 Å². The van der Waals surface area contributed by atoms with Crippen LogP contribution >= 0.6 is 0 Å². The first-order chi connectivity index (χ1) is 12.5. The molecule has 0 aromatic carbocycles. The Morgan fingerprint density at radius 3 is 2.35 bits per heavy atom. The van der Waals surface area contributed by atoms with E-state index in [-0.39, 0.29) is 11.8 Å². The number of piperidine rings is 1. The van der Waals surface area contributed by atoms with Crippen molar-refractivity contribution in [2.75, 3.05) is 26.7 Å². The maximum absolute atomic E-state index is 13.0. The van der Waals surface area contributed by atoms with Crippen LogP contribution < -0.4 is 0 Å². The number of hydrogen-bond acceptors (Lipinski definition) is 3. The quantitative estimate of drug-likeness (QED) is 0.622.